The number of fused-ring (bicyclic) bond motifs is 1. The van der Waals surface area contributed by atoms with Crippen LogP contribution in [0.2, 0.25) is 0 Å². The van der Waals surface area contributed by atoms with Crippen molar-refractivity contribution in [2.24, 2.45) is 10.7 Å². The molecule has 2 N–H and O–H groups in total. The number of nitrogens with two attached hydrogens (primary N) is 1. The fraction of sp³-hybridized carbons (Fsp3) is 0.389. The zero-order valence-electron chi connectivity index (χ0n) is 13.0. The Morgan fingerprint density at radius 1 is 1.09 bits per heavy atom. The van der Waals surface area contributed by atoms with Crippen LogP contribution in [0.3, 0.4) is 0 Å². The average Bonchev–Trinajstić information content (AvgIpc) is 3.34. The van der Waals surface area contributed by atoms with Gasteiger partial charge in [-0.3, -0.25) is 0 Å². The van der Waals surface area contributed by atoms with Gasteiger partial charge in [0.15, 0.2) is 5.96 Å². The second-order valence-electron chi connectivity index (χ2n) is 6.10. The van der Waals surface area contributed by atoms with Gasteiger partial charge in [-0.05, 0) is 22.8 Å². The molecule has 0 amide bonds. The largest absolute Gasteiger partial charge is 0.370 e. The van der Waals surface area contributed by atoms with Gasteiger partial charge in [0.05, 0.1) is 6.04 Å². The molecule has 1 aliphatic heterocycles. The van der Waals surface area contributed by atoms with Crippen LogP contribution in [0.1, 0.15) is 17.9 Å². The lowest BCUT2D eigenvalue weighted by atomic mass is 10.0. The van der Waals surface area contributed by atoms with Gasteiger partial charge in [-0.2, -0.15) is 11.8 Å². The summed E-state index contributed by atoms with van der Waals surface area (Å²) in [6, 6.07) is 15.7. The van der Waals surface area contributed by atoms with Crippen molar-refractivity contribution in [3.8, 4) is 0 Å². The zero-order valence-corrected chi connectivity index (χ0v) is 16.2. The van der Waals surface area contributed by atoms with E-state index < -0.39 is 0 Å². The van der Waals surface area contributed by atoms with Crippen molar-refractivity contribution in [2.75, 3.05) is 24.6 Å². The van der Waals surface area contributed by atoms with Crippen molar-refractivity contribution in [3.63, 3.8) is 0 Å². The van der Waals surface area contributed by atoms with Crippen molar-refractivity contribution >= 4 is 52.5 Å². The Labute approximate surface area is 158 Å². The van der Waals surface area contributed by atoms with Gasteiger partial charge in [-0.25, -0.2) is 4.99 Å². The number of guanidine groups is 1. The summed E-state index contributed by atoms with van der Waals surface area (Å²) < 4.78 is 0. The summed E-state index contributed by atoms with van der Waals surface area (Å²) in [6.07, 6.45) is 1.13. The lowest BCUT2D eigenvalue weighted by molar-refractivity contribution is 0.455. The summed E-state index contributed by atoms with van der Waals surface area (Å²) in [4.78, 5) is 6.99. The van der Waals surface area contributed by atoms with Crippen LogP contribution in [-0.2, 0) is 0 Å². The second-order valence-corrected chi connectivity index (χ2v) is 7.33. The molecule has 1 saturated heterocycles. The molecule has 2 aromatic rings. The zero-order chi connectivity index (χ0) is 14.9. The topological polar surface area (TPSA) is 41.6 Å². The number of thioether (sulfide) groups is 1. The standard InChI is InChI=1S/C18H21N3S.HI/c19-18(21-7-9-22-10-8-21)20-17-12-16(17)15-6-5-13-3-1-2-4-14(13)11-15;/h1-6,11,16-17H,7-10,12H2,(H2,19,20);1H/t16-,17+;/m0./s1. The number of rotatable bonds is 2. The maximum Gasteiger partial charge on any atom is 0.191 e. The molecule has 122 valence electrons. The average molecular weight is 439 g/mol. The molecule has 1 heterocycles. The minimum absolute atomic E-state index is 0. The number of nitrogens with zero attached hydrogens (tertiary/aromatic N) is 2. The highest BCUT2D eigenvalue weighted by Crippen LogP contribution is 2.44. The molecule has 2 aliphatic rings. The Bertz CT molecular complexity index is 712. The van der Waals surface area contributed by atoms with E-state index in [4.69, 9.17) is 10.7 Å². The molecule has 2 aromatic carbocycles. The van der Waals surface area contributed by atoms with E-state index in [9.17, 15) is 0 Å². The Kier molecular flexibility index (Phi) is 5.36. The van der Waals surface area contributed by atoms with Gasteiger partial charge in [0, 0.05) is 30.5 Å². The van der Waals surface area contributed by atoms with Crippen LogP contribution in [0.4, 0.5) is 0 Å². The van der Waals surface area contributed by atoms with Crippen LogP contribution in [0, 0.1) is 0 Å². The monoisotopic (exact) mass is 439 g/mol. The summed E-state index contributed by atoms with van der Waals surface area (Å²) in [7, 11) is 0. The number of hydrogen-bond donors (Lipinski definition) is 1. The Morgan fingerprint density at radius 3 is 2.61 bits per heavy atom. The maximum atomic E-state index is 6.19. The van der Waals surface area contributed by atoms with Gasteiger partial charge in [0.25, 0.3) is 0 Å². The summed E-state index contributed by atoms with van der Waals surface area (Å²) in [6.45, 7) is 2.07. The number of benzene rings is 2. The quantitative estimate of drug-likeness (QED) is 0.441. The molecule has 0 spiro atoms. The van der Waals surface area contributed by atoms with Crippen LogP contribution in [0.15, 0.2) is 47.5 Å². The minimum Gasteiger partial charge on any atom is -0.370 e. The summed E-state index contributed by atoms with van der Waals surface area (Å²) >= 11 is 2.00. The third-order valence-electron chi connectivity index (χ3n) is 4.59. The molecule has 2 atom stereocenters. The van der Waals surface area contributed by atoms with Gasteiger partial charge in [0.1, 0.15) is 0 Å². The summed E-state index contributed by atoms with van der Waals surface area (Å²) in [5, 5.41) is 2.62. The van der Waals surface area contributed by atoms with E-state index in [0.29, 0.717) is 12.0 Å². The lowest BCUT2D eigenvalue weighted by Crippen LogP contribution is -2.42. The number of halogens is 1. The number of hydrogen-bond acceptors (Lipinski definition) is 2. The van der Waals surface area contributed by atoms with Crippen molar-refractivity contribution < 1.29 is 0 Å². The molecule has 0 aromatic heterocycles. The third-order valence-corrected chi connectivity index (χ3v) is 5.53. The first kappa shape index (κ1) is 16.9. The van der Waals surface area contributed by atoms with Crippen molar-refractivity contribution in [1.82, 2.24) is 4.90 Å². The van der Waals surface area contributed by atoms with E-state index >= 15 is 0 Å². The van der Waals surface area contributed by atoms with E-state index in [2.05, 4.69) is 47.4 Å². The Hall–Kier alpha value is -0.950. The highest BCUT2D eigenvalue weighted by Gasteiger charge is 2.39. The molecule has 1 aliphatic carbocycles. The molecular formula is C18H22IN3S. The summed E-state index contributed by atoms with van der Waals surface area (Å²) in [5.74, 6) is 3.61. The first-order chi connectivity index (χ1) is 10.8. The third kappa shape index (κ3) is 3.76. The van der Waals surface area contributed by atoms with E-state index in [-0.39, 0.29) is 24.0 Å². The highest BCUT2D eigenvalue weighted by atomic mass is 127. The molecule has 1 saturated carbocycles. The van der Waals surface area contributed by atoms with Crippen LogP contribution >= 0.6 is 35.7 Å². The maximum absolute atomic E-state index is 6.19. The smallest absolute Gasteiger partial charge is 0.191 e. The predicted molar refractivity (Wildman–Crippen MR) is 111 cm³/mol. The van der Waals surface area contributed by atoms with Crippen molar-refractivity contribution in [1.29, 1.82) is 0 Å². The fourth-order valence-electron chi connectivity index (χ4n) is 3.16. The highest BCUT2D eigenvalue weighted by molar-refractivity contribution is 14.0. The fourth-order valence-corrected chi connectivity index (χ4v) is 4.07. The lowest BCUT2D eigenvalue weighted by Gasteiger charge is -2.27. The van der Waals surface area contributed by atoms with Gasteiger partial charge in [0.2, 0.25) is 0 Å². The van der Waals surface area contributed by atoms with E-state index in [1.807, 2.05) is 11.8 Å². The van der Waals surface area contributed by atoms with Crippen LogP contribution < -0.4 is 5.73 Å². The summed E-state index contributed by atoms with van der Waals surface area (Å²) in [5.41, 5.74) is 7.58. The van der Waals surface area contributed by atoms with E-state index in [1.54, 1.807) is 0 Å². The predicted octanol–water partition coefficient (Wildman–Crippen LogP) is 3.68. The molecule has 2 fully saturated rings. The van der Waals surface area contributed by atoms with E-state index in [0.717, 1.165) is 37.0 Å². The Balaban J connectivity index is 0.00000156. The molecule has 3 nitrogen and oxygen atoms in total. The van der Waals surface area contributed by atoms with Gasteiger partial charge in [-0.1, -0.05) is 42.5 Å². The van der Waals surface area contributed by atoms with Gasteiger partial charge < -0.3 is 10.6 Å². The Morgan fingerprint density at radius 2 is 1.83 bits per heavy atom. The molecule has 0 bridgehead atoms. The van der Waals surface area contributed by atoms with Crippen molar-refractivity contribution in [2.45, 2.75) is 18.4 Å². The minimum atomic E-state index is 0. The molecule has 0 unspecified atom stereocenters. The molecule has 5 heteroatoms. The van der Waals surface area contributed by atoms with Crippen LogP contribution in [0.25, 0.3) is 10.8 Å². The van der Waals surface area contributed by atoms with Crippen LogP contribution in [0.5, 0.6) is 0 Å². The first-order valence-corrected chi connectivity index (χ1v) is 9.11. The van der Waals surface area contributed by atoms with E-state index in [1.165, 1.54) is 16.3 Å². The van der Waals surface area contributed by atoms with Gasteiger partial charge >= 0.3 is 0 Å². The van der Waals surface area contributed by atoms with Gasteiger partial charge in [-0.15, -0.1) is 24.0 Å². The normalized spacial score (nSPS) is 24.3. The van der Waals surface area contributed by atoms with Crippen LogP contribution in [-0.4, -0.2) is 41.5 Å². The SMILES string of the molecule is I.NC(=N[C@@H]1C[C@H]1c1ccc2ccccc2c1)N1CCSCC1. The molecule has 4 rings (SSSR count). The molecule has 23 heavy (non-hydrogen) atoms. The molecule has 0 radical (unpaired) electrons. The number of aliphatic imine (C=N–C) groups is 1. The first-order valence-electron chi connectivity index (χ1n) is 7.96. The second kappa shape index (κ2) is 7.30. The molecular weight excluding hydrogens is 417 g/mol. The van der Waals surface area contributed by atoms with Crippen molar-refractivity contribution in [3.05, 3.63) is 48.0 Å².